The Balaban J connectivity index is 1.73. The highest BCUT2D eigenvalue weighted by Crippen LogP contribution is 2.34. The smallest absolute Gasteiger partial charge is 0.231 e. The lowest BCUT2D eigenvalue weighted by atomic mass is 10.1. The fourth-order valence-electron chi connectivity index (χ4n) is 1.98. The lowest BCUT2D eigenvalue weighted by Crippen LogP contribution is -2.11. The van der Waals surface area contributed by atoms with E-state index < -0.39 is 0 Å². The maximum Gasteiger partial charge on any atom is 0.231 e. The van der Waals surface area contributed by atoms with Gasteiger partial charge in [-0.1, -0.05) is 12.8 Å². The first-order chi connectivity index (χ1) is 9.29. The molecule has 19 heavy (non-hydrogen) atoms. The van der Waals surface area contributed by atoms with Crippen LogP contribution in [0.4, 0.5) is 5.69 Å². The Hall–Kier alpha value is -1.75. The molecule has 0 radical (unpaired) electrons. The topological polar surface area (TPSA) is 73.6 Å². The molecule has 0 saturated heterocycles. The van der Waals surface area contributed by atoms with E-state index in [-0.39, 0.29) is 12.7 Å². The monoisotopic (exact) mass is 264 g/mol. The van der Waals surface area contributed by atoms with Crippen molar-refractivity contribution in [2.75, 3.05) is 18.7 Å². The molecule has 1 aliphatic heterocycles. The Bertz CT molecular complexity index is 435. The Morgan fingerprint density at radius 3 is 2.79 bits per heavy atom. The van der Waals surface area contributed by atoms with Crippen LogP contribution in [0.25, 0.3) is 0 Å². The molecule has 1 heterocycles. The molecule has 1 amide bonds. The number of nitrogens with two attached hydrogens (primary N) is 1. The summed E-state index contributed by atoms with van der Waals surface area (Å²) in [5.41, 5.74) is 6.16. The van der Waals surface area contributed by atoms with Crippen molar-refractivity contribution in [2.45, 2.75) is 32.1 Å². The minimum atomic E-state index is 0.0339. The van der Waals surface area contributed by atoms with Crippen LogP contribution >= 0.6 is 0 Å². The second-order valence-corrected chi connectivity index (χ2v) is 4.57. The lowest BCUT2D eigenvalue weighted by molar-refractivity contribution is -0.116. The van der Waals surface area contributed by atoms with E-state index in [1.165, 1.54) is 0 Å². The second kappa shape index (κ2) is 6.99. The molecule has 0 saturated carbocycles. The van der Waals surface area contributed by atoms with Gasteiger partial charge in [0.15, 0.2) is 11.5 Å². The van der Waals surface area contributed by atoms with Gasteiger partial charge in [-0.3, -0.25) is 4.79 Å². The molecule has 0 bridgehead atoms. The lowest BCUT2D eigenvalue weighted by Gasteiger charge is -2.06. The molecular formula is C14H20N2O3. The summed E-state index contributed by atoms with van der Waals surface area (Å²) in [6.07, 6.45) is 4.61. The standard InChI is InChI=1S/C14H20N2O3/c15-8-4-2-1-3-5-14(17)16-11-6-7-12-13(9-11)19-10-18-12/h6-7,9H,1-5,8,10,15H2,(H,16,17). The number of anilines is 1. The van der Waals surface area contributed by atoms with Crippen LogP contribution in [0.15, 0.2) is 18.2 Å². The zero-order chi connectivity index (χ0) is 13.5. The number of benzene rings is 1. The van der Waals surface area contributed by atoms with Gasteiger partial charge in [-0.15, -0.1) is 0 Å². The molecular weight excluding hydrogens is 244 g/mol. The van der Waals surface area contributed by atoms with Crippen molar-refractivity contribution in [3.05, 3.63) is 18.2 Å². The van der Waals surface area contributed by atoms with Crippen molar-refractivity contribution in [3.8, 4) is 11.5 Å². The van der Waals surface area contributed by atoms with E-state index in [4.69, 9.17) is 15.2 Å². The Morgan fingerprint density at radius 2 is 1.95 bits per heavy atom. The van der Waals surface area contributed by atoms with E-state index in [2.05, 4.69) is 5.32 Å². The van der Waals surface area contributed by atoms with Crippen molar-refractivity contribution >= 4 is 11.6 Å². The van der Waals surface area contributed by atoms with Gasteiger partial charge in [0.25, 0.3) is 0 Å². The molecule has 1 aromatic rings. The minimum absolute atomic E-state index is 0.0339. The van der Waals surface area contributed by atoms with Gasteiger partial charge in [0, 0.05) is 18.2 Å². The van der Waals surface area contributed by atoms with E-state index in [0.717, 1.165) is 43.7 Å². The van der Waals surface area contributed by atoms with Crippen LogP contribution in [0, 0.1) is 0 Å². The molecule has 3 N–H and O–H groups in total. The first-order valence-electron chi connectivity index (χ1n) is 6.69. The third-order valence-electron chi connectivity index (χ3n) is 3.01. The number of hydrogen-bond donors (Lipinski definition) is 2. The SMILES string of the molecule is NCCCCCCC(=O)Nc1ccc2c(c1)OCO2. The number of ether oxygens (including phenoxy) is 2. The number of rotatable bonds is 7. The van der Waals surface area contributed by atoms with E-state index in [1.54, 1.807) is 12.1 Å². The zero-order valence-electron chi connectivity index (χ0n) is 11.0. The predicted octanol–water partition coefficient (Wildman–Crippen LogP) is 2.26. The Morgan fingerprint density at radius 1 is 1.16 bits per heavy atom. The highest BCUT2D eigenvalue weighted by Gasteiger charge is 2.13. The number of hydrogen-bond acceptors (Lipinski definition) is 4. The maximum atomic E-state index is 11.7. The van der Waals surface area contributed by atoms with Crippen LogP contribution in [-0.4, -0.2) is 19.2 Å². The van der Waals surface area contributed by atoms with Crippen LogP contribution in [-0.2, 0) is 4.79 Å². The maximum absolute atomic E-state index is 11.7. The average molecular weight is 264 g/mol. The normalized spacial score (nSPS) is 12.5. The van der Waals surface area contributed by atoms with E-state index in [1.807, 2.05) is 6.07 Å². The van der Waals surface area contributed by atoms with Crippen LogP contribution in [0.5, 0.6) is 11.5 Å². The van der Waals surface area contributed by atoms with Gasteiger partial charge in [-0.25, -0.2) is 0 Å². The van der Waals surface area contributed by atoms with E-state index in [0.29, 0.717) is 12.2 Å². The number of carbonyl (C=O) groups is 1. The number of fused-ring (bicyclic) bond motifs is 1. The summed E-state index contributed by atoms with van der Waals surface area (Å²) in [7, 11) is 0. The molecule has 0 atom stereocenters. The van der Waals surface area contributed by atoms with Crippen molar-refractivity contribution in [1.29, 1.82) is 0 Å². The summed E-state index contributed by atoms with van der Waals surface area (Å²) < 4.78 is 10.5. The van der Waals surface area contributed by atoms with Crippen molar-refractivity contribution in [1.82, 2.24) is 0 Å². The van der Waals surface area contributed by atoms with E-state index in [9.17, 15) is 4.79 Å². The van der Waals surface area contributed by atoms with Crippen molar-refractivity contribution < 1.29 is 14.3 Å². The number of nitrogens with one attached hydrogen (secondary N) is 1. The zero-order valence-corrected chi connectivity index (χ0v) is 11.0. The highest BCUT2D eigenvalue weighted by molar-refractivity contribution is 5.91. The minimum Gasteiger partial charge on any atom is -0.454 e. The molecule has 0 fully saturated rings. The molecule has 2 rings (SSSR count). The highest BCUT2D eigenvalue weighted by atomic mass is 16.7. The number of unbranched alkanes of at least 4 members (excludes halogenated alkanes) is 3. The first-order valence-corrected chi connectivity index (χ1v) is 6.69. The quantitative estimate of drug-likeness (QED) is 0.741. The molecule has 1 aliphatic rings. The largest absolute Gasteiger partial charge is 0.454 e. The van der Waals surface area contributed by atoms with Gasteiger partial charge in [0.05, 0.1) is 0 Å². The van der Waals surface area contributed by atoms with E-state index >= 15 is 0 Å². The summed E-state index contributed by atoms with van der Waals surface area (Å²) in [5.74, 6) is 1.44. The van der Waals surface area contributed by atoms with Crippen LogP contribution in [0.2, 0.25) is 0 Å². The Labute approximate surface area is 113 Å². The van der Waals surface area contributed by atoms with Crippen molar-refractivity contribution in [2.24, 2.45) is 5.73 Å². The molecule has 104 valence electrons. The average Bonchev–Trinajstić information content (AvgIpc) is 2.86. The molecule has 0 aliphatic carbocycles. The fourth-order valence-corrected chi connectivity index (χ4v) is 1.98. The predicted molar refractivity (Wildman–Crippen MR) is 73.3 cm³/mol. The number of carbonyl (C=O) groups excluding carboxylic acids is 1. The van der Waals surface area contributed by atoms with Gasteiger partial charge in [-0.05, 0) is 31.5 Å². The Kier molecular flexibility index (Phi) is 5.03. The molecule has 5 nitrogen and oxygen atoms in total. The third-order valence-corrected chi connectivity index (χ3v) is 3.01. The fraction of sp³-hybridized carbons (Fsp3) is 0.500. The molecule has 0 aromatic heterocycles. The molecule has 0 unspecified atom stereocenters. The van der Waals surface area contributed by atoms with Crippen LogP contribution in [0.1, 0.15) is 32.1 Å². The third kappa shape index (κ3) is 4.13. The van der Waals surface area contributed by atoms with Gasteiger partial charge in [-0.2, -0.15) is 0 Å². The summed E-state index contributed by atoms with van der Waals surface area (Å²) in [6.45, 7) is 0.970. The molecule has 0 spiro atoms. The summed E-state index contributed by atoms with van der Waals surface area (Å²) in [5, 5.41) is 2.86. The molecule has 5 heteroatoms. The van der Waals surface area contributed by atoms with Crippen molar-refractivity contribution in [3.63, 3.8) is 0 Å². The molecule has 1 aromatic carbocycles. The van der Waals surface area contributed by atoms with Gasteiger partial charge < -0.3 is 20.5 Å². The summed E-state index contributed by atoms with van der Waals surface area (Å²) in [4.78, 5) is 11.7. The summed E-state index contributed by atoms with van der Waals surface area (Å²) in [6, 6.07) is 5.41. The number of amides is 1. The summed E-state index contributed by atoms with van der Waals surface area (Å²) >= 11 is 0. The van der Waals surface area contributed by atoms with Crippen LogP contribution in [0.3, 0.4) is 0 Å². The van der Waals surface area contributed by atoms with Gasteiger partial charge in [0.2, 0.25) is 12.7 Å². The second-order valence-electron chi connectivity index (χ2n) is 4.57. The van der Waals surface area contributed by atoms with Gasteiger partial charge in [0.1, 0.15) is 0 Å². The first kappa shape index (κ1) is 13.7. The van der Waals surface area contributed by atoms with Gasteiger partial charge >= 0.3 is 0 Å². The van der Waals surface area contributed by atoms with Crippen LogP contribution < -0.4 is 20.5 Å².